The molecule has 1 aromatic heterocycles. The van der Waals surface area contributed by atoms with Crippen LogP contribution in [-0.4, -0.2) is 71.2 Å². The number of halogens is 1. The average molecular weight is 730 g/mol. The second kappa shape index (κ2) is 18.9. The number of primary amides is 1. The summed E-state index contributed by atoms with van der Waals surface area (Å²) in [4.78, 5) is 73.3. The quantitative estimate of drug-likeness (QED) is 0.0424. The van der Waals surface area contributed by atoms with Gasteiger partial charge in [0.2, 0.25) is 29.5 Å². The molecule has 0 aliphatic carbocycles. The fraction of sp³-hybridized carbons (Fsp3) is 0.297. The predicted octanol–water partition coefficient (Wildman–Crippen LogP) is 1.35. The highest BCUT2D eigenvalue weighted by molar-refractivity contribution is 6.30. The molecule has 0 spiro atoms. The Morgan fingerprint density at radius 3 is 1.88 bits per heavy atom. The highest BCUT2D eigenvalue weighted by Crippen LogP contribution is 2.19. The summed E-state index contributed by atoms with van der Waals surface area (Å²) in [5.41, 5.74) is 19.8. The van der Waals surface area contributed by atoms with Crippen molar-refractivity contribution in [3.8, 4) is 0 Å². The van der Waals surface area contributed by atoms with Gasteiger partial charge in [0.1, 0.15) is 24.2 Å². The number of nitrogens with zero attached hydrogens (tertiary/aromatic N) is 1. The lowest BCUT2D eigenvalue weighted by Crippen LogP contribution is -2.59. The molecule has 0 radical (unpaired) electrons. The Balaban J connectivity index is 1.56. The molecule has 0 unspecified atom stereocenters. The van der Waals surface area contributed by atoms with E-state index in [2.05, 4.69) is 31.2 Å². The largest absolute Gasteiger partial charge is 0.370 e. The Bertz CT molecular complexity index is 1880. The molecule has 0 aliphatic rings. The van der Waals surface area contributed by atoms with Gasteiger partial charge in [-0.05, 0) is 47.7 Å². The molecule has 0 fully saturated rings. The number of aromatic amines is 1. The first-order valence-corrected chi connectivity index (χ1v) is 17.1. The Labute approximate surface area is 306 Å². The number of aromatic nitrogens is 1. The number of rotatable bonds is 18. The van der Waals surface area contributed by atoms with Crippen LogP contribution in [0.25, 0.3) is 10.9 Å². The number of para-hydroxylation sites is 1. The zero-order chi connectivity index (χ0) is 37.6. The summed E-state index contributed by atoms with van der Waals surface area (Å²) in [6.07, 6.45) is 2.43. The number of H-pyrrole nitrogens is 1. The molecule has 15 heteroatoms. The Hall–Kier alpha value is -5.89. The van der Waals surface area contributed by atoms with Crippen molar-refractivity contribution in [3.05, 3.63) is 107 Å². The van der Waals surface area contributed by atoms with Crippen LogP contribution in [0.3, 0.4) is 0 Å². The molecule has 274 valence electrons. The molecule has 4 atom stereocenters. The zero-order valence-electron chi connectivity index (χ0n) is 28.7. The number of nitrogens with two attached hydrogens (primary N) is 3. The first-order valence-electron chi connectivity index (χ1n) is 16.8. The van der Waals surface area contributed by atoms with Gasteiger partial charge in [-0.1, -0.05) is 72.3 Å². The Morgan fingerprint density at radius 2 is 1.25 bits per heavy atom. The summed E-state index contributed by atoms with van der Waals surface area (Å²) in [5.74, 6) is -3.27. The number of carbonyl (C=O) groups excluding carboxylic acids is 5. The molecule has 1 heterocycles. The maximum Gasteiger partial charge on any atom is 0.243 e. The number of carbonyl (C=O) groups is 5. The van der Waals surface area contributed by atoms with E-state index in [9.17, 15) is 24.0 Å². The number of fused-ring (bicyclic) bond motifs is 1. The summed E-state index contributed by atoms with van der Waals surface area (Å²) in [5, 5.41) is 12.3. The molecule has 52 heavy (non-hydrogen) atoms. The molecule has 0 saturated carbocycles. The third kappa shape index (κ3) is 11.9. The van der Waals surface area contributed by atoms with Crippen LogP contribution >= 0.6 is 11.6 Å². The van der Waals surface area contributed by atoms with Crippen molar-refractivity contribution in [2.45, 2.75) is 63.2 Å². The molecule has 0 aliphatic heterocycles. The van der Waals surface area contributed by atoms with Gasteiger partial charge in [-0.2, -0.15) is 0 Å². The summed E-state index contributed by atoms with van der Waals surface area (Å²) in [6.45, 7) is 1.46. The first kappa shape index (κ1) is 38.9. The number of hydrogen-bond donors (Lipinski definition) is 8. The van der Waals surface area contributed by atoms with Crippen LogP contribution in [0, 0.1) is 0 Å². The minimum absolute atomic E-state index is 0.0684. The van der Waals surface area contributed by atoms with Gasteiger partial charge in [0.05, 0.1) is 0 Å². The molecule has 4 aromatic rings. The van der Waals surface area contributed by atoms with E-state index >= 15 is 0 Å². The van der Waals surface area contributed by atoms with Crippen molar-refractivity contribution in [1.29, 1.82) is 0 Å². The highest BCUT2D eigenvalue weighted by Gasteiger charge is 2.31. The number of benzene rings is 3. The van der Waals surface area contributed by atoms with Gasteiger partial charge in [-0.3, -0.25) is 29.0 Å². The number of hydrogen-bond acceptors (Lipinski definition) is 6. The van der Waals surface area contributed by atoms with E-state index in [0.29, 0.717) is 11.4 Å². The lowest BCUT2D eigenvalue weighted by molar-refractivity contribution is -0.134. The molecule has 14 nitrogen and oxygen atoms in total. The van der Waals surface area contributed by atoms with E-state index in [1.807, 2.05) is 30.3 Å². The van der Waals surface area contributed by atoms with Gasteiger partial charge in [0.15, 0.2) is 5.96 Å². The van der Waals surface area contributed by atoms with Crippen LogP contribution in [0.5, 0.6) is 0 Å². The lowest BCUT2D eigenvalue weighted by atomic mass is 10.0. The van der Waals surface area contributed by atoms with Gasteiger partial charge in [-0.25, -0.2) is 0 Å². The van der Waals surface area contributed by atoms with Crippen LogP contribution in [-0.2, 0) is 43.2 Å². The summed E-state index contributed by atoms with van der Waals surface area (Å²) in [6, 6.07) is 18.9. The van der Waals surface area contributed by atoms with Gasteiger partial charge >= 0.3 is 0 Å². The predicted molar refractivity (Wildman–Crippen MR) is 200 cm³/mol. The van der Waals surface area contributed by atoms with Crippen molar-refractivity contribution >= 4 is 58.0 Å². The molecule has 5 amide bonds. The van der Waals surface area contributed by atoms with Crippen molar-refractivity contribution in [2.24, 2.45) is 22.2 Å². The molecular formula is C37H44ClN9O5. The second-order valence-electron chi connectivity index (χ2n) is 12.4. The standard InChI is InChI=1S/C37H44ClN9O5/c1-22(48)44-31(19-24-13-15-26(38)16-14-24)35(51)47-32(18-23-8-3-2-4-9-23)36(52)45-29(12-7-17-42-37(40)41)34(50)46-30(33(39)49)20-25-21-43-28-11-6-5-10-27(25)28/h2-6,8-11,13-16,21,29-32,43H,7,12,17-20H2,1H3,(H2,39,49)(H,44,48)(H,45,52)(H,46,50)(H,47,51)(H4,40,41,42)/t29-,30-,31-,32-/m0/s1. The monoisotopic (exact) mass is 729 g/mol. The Kier molecular flexibility index (Phi) is 14.2. The maximum atomic E-state index is 14.0. The summed E-state index contributed by atoms with van der Waals surface area (Å²) < 4.78 is 0. The van der Waals surface area contributed by atoms with Crippen LogP contribution in [0.1, 0.15) is 36.5 Å². The maximum absolute atomic E-state index is 14.0. The minimum atomic E-state index is -1.16. The van der Waals surface area contributed by atoms with Gasteiger partial charge in [0.25, 0.3) is 0 Å². The van der Waals surface area contributed by atoms with E-state index in [1.54, 1.807) is 54.7 Å². The highest BCUT2D eigenvalue weighted by atomic mass is 35.5. The summed E-state index contributed by atoms with van der Waals surface area (Å²) >= 11 is 6.03. The third-order valence-corrected chi connectivity index (χ3v) is 8.55. The summed E-state index contributed by atoms with van der Waals surface area (Å²) in [7, 11) is 0. The van der Waals surface area contributed by atoms with E-state index in [-0.39, 0.29) is 38.2 Å². The molecule has 0 bridgehead atoms. The van der Waals surface area contributed by atoms with Crippen molar-refractivity contribution in [1.82, 2.24) is 26.3 Å². The first-order chi connectivity index (χ1) is 24.9. The lowest BCUT2D eigenvalue weighted by Gasteiger charge is -2.26. The van der Waals surface area contributed by atoms with Crippen LogP contribution in [0.2, 0.25) is 5.02 Å². The van der Waals surface area contributed by atoms with Crippen molar-refractivity contribution in [3.63, 3.8) is 0 Å². The van der Waals surface area contributed by atoms with Gasteiger partial charge in [-0.15, -0.1) is 0 Å². The molecule has 11 N–H and O–H groups in total. The number of nitrogens with one attached hydrogen (secondary N) is 5. The molecule has 4 rings (SSSR count). The normalized spacial score (nSPS) is 13.2. The topological polar surface area (TPSA) is 240 Å². The second-order valence-corrected chi connectivity index (χ2v) is 12.8. The van der Waals surface area contributed by atoms with E-state index in [0.717, 1.165) is 27.6 Å². The Morgan fingerprint density at radius 1 is 0.692 bits per heavy atom. The van der Waals surface area contributed by atoms with Crippen LogP contribution in [0.15, 0.2) is 90.1 Å². The van der Waals surface area contributed by atoms with E-state index in [4.69, 9.17) is 28.8 Å². The van der Waals surface area contributed by atoms with Crippen LogP contribution in [0.4, 0.5) is 0 Å². The van der Waals surface area contributed by atoms with E-state index in [1.165, 1.54) is 6.92 Å². The van der Waals surface area contributed by atoms with E-state index < -0.39 is 53.7 Å². The molecule has 0 saturated heterocycles. The SMILES string of the molecule is CC(=O)N[C@@H](Cc1ccc(Cl)cc1)C(=O)N[C@@H](Cc1ccccc1)C(=O)N[C@@H](CCCN=C(N)N)C(=O)N[C@@H](Cc1c[nH]c2ccccc12)C(N)=O. The van der Waals surface area contributed by atoms with Gasteiger partial charge < -0.3 is 43.5 Å². The zero-order valence-corrected chi connectivity index (χ0v) is 29.5. The fourth-order valence-corrected chi connectivity index (χ4v) is 5.83. The van der Waals surface area contributed by atoms with Crippen molar-refractivity contribution < 1.29 is 24.0 Å². The van der Waals surface area contributed by atoms with Crippen molar-refractivity contribution in [2.75, 3.05) is 6.54 Å². The smallest absolute Gasteiger partial charge is 0.243 e. The van der Waals surface area contributed by atoms with Crippen LogP contribution < -0.4 is 38.5 Å². The third-order valence-electron chi connectivity index (χ3n) is 8.30. The van der Waals surface area contributed by atoms with Gasteiger partial charge in [0, 0.05) is 54.9 Å². The fourth-order valence-electron chi connectivity index (χ4n) is 5.70. The number of amides is 5. The molecule has 3 aromatic carbocycles. The number of aliphatic imine (C=N–C) groups is 1. The average Bonchev–Trinajstić information content (AvgIpc) is 3.52. The minimum Gasteiger partial charge on any atom is -0.370 e. The number of guanidine groups is 1. The molecular weight excluding hydrogens is 686 g/mol.